The van der Waals surface area contributed by atoms with Gasteiger partial charge in [-0.3, -0.25) is 4.90 Å². The summed E-state index contributed by atoms with van der Waals surface area (Å²) in [5, 5.41) is 9.73. The molecule has 1 amide bonds. The lowest BCUT2D eigenvalue weighted by atomic mass is 9.93. The lowest BCUT2D eigenvalue weighted by molar-refractivity contribution is 0.0151. The maximum Gasteiger partial charge on any atom is 0.410 e. The summed E-state index contributed by atoms with van der Waals surface area (Å²) in [5.74, 6) is -0.315. The molecule has 1 heterocycles. The zero-order valence-electron chi connectivity index (χ0n) is 13.2. The van der Waals surface area contributed by atoms with Crippen LogP contribution in [0.15, 0.2) is 30.3 Å². The molecule has 0 radical (unpaired) electrons. The van der Waals surface area contributed by atoms with E-state index < -0.39 is 17.7 Å². The summed E-state index contributed by atoms with van der Waals surface area (Å²) in [6.07, 6.45) is 2.21. The van der Waals surface area contributed by atoms with Crippen molar-refractivity contribution in [1.29, 1.82) is 0 Å². The van der Waals surface area contributed by atoms with E-state index >= 15 is 0 Å². The Balaban J connectivity index is 2.24. The Morgan fingerprint density at radius 3 is 2.55 bits per heavy atom. The van der Waals surface area contributed by atoms with Crippen LogP contribution in [0.4, 0.5) is 9.18 Å². The number of amides is 1. The van der Waals surface area contributed by atoms with E-state index in [2.05, 4.69) is 0 Å². The molecule has 0 aromatic heterocycles. The second-order valence-electron chi connectivity index (χ2n) is 6.33. The van der Waals surface area contributed by atoms with Gasteiger partial charge in [0.2, 0.25) is 0 Å². The van der Waals surface area contributed by atoms with Gasteiger partial charge in [-0.15, -0.1) is 0 Å². The van der Waals surface area contributed by atoms with Gasteiger partial charge in [0, 0.05) is 6.54 Å². The van der Waals surface area contributed by atoms with Crippen molar-refractivity contribution in [3.05, 3.63) is 41.7 Å². The Labute approximate surface area is 130 Å². The van der Waals surface area contributed by atoms with Crippen LogP contribution >= 0.6 is 0 Å². The van der Waals surface area contributed by atoms with Crippen LogP contribution in [0.1, 0.15) is 32.8 Å². The average Bonchev–Trinajstić information content (AvgIpc) is 2.45. The highest BCUT2D eigenvalue weighted by Gasteiger charge is 2.32. The van der Waals surface area contributed by atoms with E-state index in [-0.39, 0.29) is 12.4 Å². The molecule has 0 unspecified atom stereocenters. The van der Waals surface area contributed by atoms with E-state index in [1.54, 1.807) is 32.9 Å². The second-order valence-corrected chi connectivity index (χ2v) is 6.33. The number of hydrogen-bond acceptors (Lipinski definition) is 3. The standard InChI is InChI=1S/C17H22FNO3/c1-17(2,3)22-16(21)19-10-4-5-14(15(19)11-20)12-6-8-13(18)9-7-12/h5-9,15,20H,4,10-11H2,1-3H3/t15-/m1/s1. The van der Waals surface area contributed by atoms with Crippen LogP contribution in [0.25, 0.3) is 5.57 Å². The number of benzene rings is 1. The van der Waals surface area contributed by atoms with Crippen molar-refractivity contribution < 1.29 is 19.0 Å². The van der Waals surface area contributed by atoms with Gasteiger partial charge in [0.15, 0.2) is 0 Å². The Kier molecular flexibility index (Phi) is 4.86. The first-order valence-corrected chi connectivity index (χ1v) is 7.38. The number of halogens is 1. The smallest absolute Gasteiger partial charge is 0.410 e. The van der Waals surface area contributed by atoms with Crippen LogP contribution in [0, 0.1) is 5.82 Å². The van der Waals surface area contributed by atoms with E-state index in [9.17, 15) is 14.3 Å². The van der Waals surface area contributed by atoms with E-state index in [1.807, 2.05) is 6.08 Å². The van der Waals surface area contributed by atoms with E-state index in [1.165, 1.54) is 17.0 Å². The van der Waals surface area contributed by atoms with Gasteiger partial charge in [-0.25, -0.2) is 9.18 Å². The van der Waals surface area contributed by atoms with Crippen molar-refractivity contribution in [2.24, 2.45) is 0 Å². The zero-order valence-corrected chi connectivity index (χ0v) is 13.2. The van der Waals surface area contributed by atoms with Crippen molar-refractivity contribution in [2.45, 2.75) is 38.8 Å². The third kappa shape index (κ3) is 3.85. The first-order valence-electron chi connectivity index (χ1n) is 7.38. The fourth-order valence-electron chi connectivity index (χ4n) is 2.51. The molecular formula is C17H22FNO3. The maximum absolute atomic E-state index is 13.1. The van der Waals surface area contributed by atoms with Crippen molar-refractivity contribution in [3.63, 3.8) is 0 Å². The first kappa shape index (κ1) is 16.5. The predicted molar refractivity (Wildman–Crippen MR) is 82.8 cm³/mol. The lowest BCUT2D eigenvalue weighted by Crippen LogP contribution is -2.47. The molecule has 0 aliphatic carbocycles. The predicted octanol–water partition coefficient (Wildman–Crippen LogP) is 3.21. The number of hydrogen-bond donors (Lipinski definition) is 1. The number of rotatable bonds is 2. The van der Waals surface area contributed by atoms with Gasteiger partial charge in [0.1, 0.15) is 11.4 Å². The Morgan fingerprint density at radius 2 is 2.00 bits per heavy atom. The Hall–Kier alpha value is -1.88. The van der Waals surface area contributed by atoms with Crippen LogP contribution in [0.2, 0.25) is 0 Å². The van der Waals surface area contributed by atoms with E-state index in [0.717, 1.165) is 11.1 Å². The van der Waals surface area contributed by atoms with Gasteiger partial charge >= 0.3 is 6.09 Å². The summed E-state index contributed by atoms with van der Waals surface area (Å²) in [7, 11) is 0. The summed E-state index contributed by atoms with van der Waals surface area (Å²) in [6, 6.07) is 5.58. The molecule has 1 atom stereocenters. The van der Waals surface area contributed by atoms with Crippen LogP contribution < -0.4 is 0 Å². The van der Waals surface area contributed by atoms with Gasteiger partial charge in [-0.1, -0.05) is 18.2 Å². The minimum absolute atomic E-state index is 0.206. The molecule has 5 heteroatoms. The lowest BCUT2D eigenvalue weighted by Gasteiger charge is -2.36. The van der Waals surface area contributed by atoms with Gasteiger partial charge in [-0.05, 0) is 50.5 Å². The number of carbonyl (C=O) groups is 1. The summed E-state index contributed by atoms with van der Waals surface area (Å²) in [4.78, 5) is 13.9. The van der Waals surface area contributed by atoms with Crippen LogP contribution in [0.5, 0.6) is 0 Å². The minimum atomic E-state index is -0.589. The highest BCUT2D eigenvalue weighted by Crippen LogP contribution is 2.28. The summed E-state index contributed by atoms with van der Waals surface area (Å²) in [6.45, 7) is 5.70. The molecule has 1 aliphatic rings. The third-order valence-electron chi connectivity index (χ3n) is 3.45. The molecule has 0 saturated carbocycles. The van der Waals surface area contributed by atoms with Crippen molar-refractivity contribution in [1.82, 2.24) is 4.90 Å². The minimum Gasteiger partial charge on any atom is -0.444 e. The molecule has 1 aromatic carbocycles. The molecule has 4 nitrogen and oxygen atoms in total. The fourth-order valence-corrected chi connectivity index (χ4v) is 2.51. The van der Waals surface area contributed by atoms with Gasteiger partial charge in [0.05, 0.1) is 12.6 Å². The summed E-state index contributed by atoms with van der Waals surface area (Å²) >= 11 is 0. The summed E-state index contributed by atoms with van der Waals surface area (Å²) in [5.41, 5.74) is 1.03. The molecule has 120 valence electrons. The van der Waals surface area contributed by atoms with E-state index in [4.69, 9.17) is 4.74 Å². The Bertz CT molecular complexity index is 560. The second kappa shape index (κ2) is 6.48. The normalized spacial score (nSPS) is 18.9. The third-order valence-corrected chi connectivity index (χ3v) is 3.45. The fraction of sp³-hybridized carbons (Fsp3) is 0.471. The quantitative estimate of drug-likeness (QED) is 0.912. The van der Waals surface area contributed by atoms with Crippen molar-refractivity contribution in [2.75, 3.05) is 13.2 Å². The first-order chi connectivity index (χ1) is 10.3. The van der Waals surface area contributed by atoms with Crippen LogP contribution in [0.3, 0.4) is 0 Å². The molecule has 2 rings (SSSR count). The molecule has 1 aromatic rings. The number of ether oxygens (including phenoxy) is 1. The Morgan fingerprint density at radius 1 is 1.36 bits per heavy atom. The van der Waals surface area contributed by atoms with Crippen molar-refractivity contribution in [3.8, 4) is 0 Å². The monoisotopic (exact) mass is 307 g/mol. The molecule has 0 fully saturated rings. The molecule has 1 N–H and O–H groups in total. The van der Waals surface area contributed by atoms with Gasteiger partial charge < -0.3 is 9.84 Å². The molecular weight excluding hydrogens is 285 g/mol. The summed E-state index contributed by atoms with van der Waals surface area (Å²) < 4.78 is 18.5. The number of nitrogens with zero attached hydrogens (tertiary/aromatic N) is 1. The number of aliphatic hydroxyl groups excluding tert-OH is 1. The topological polar surface area (TPSA) is 49.8 Å². The number of aliphatic hydroxyl groups is 1. The largest absolute Gasteiger partial charge is 0.444 e. The number of carbonyl (C=O) groups excluding carboxylic acids is 1. The van der Waals surface area contributed by atoms with Gasteiger partial charge in [0.25, 0.3) is 0 Å². The highest BCUT2D eigenvalue weighted by atomic mass is 19.1. The highest BCUT2D eigenvalue weighted by molar-refractivity contribution is 5.77. The molecule has 22 heavy (non-hydrogen) atoms. The van der Waals surface area contributed by atoms with E-state index in [0.29, 0.717) is 13.0 Å². The molecule has 0 bridgehead atoms. The average molecular weight is 307 g/mol. The molecule has 0 saturated heterocycles. The van der Waals surface area contributed by atoms with Crippen LogP contribution in [-0.2, 0) is 4.74 Å². The van der Waals surface area contributed by atoms with Crippen LogP contribution in [-0.4, -0.2) is 40.9 Å². The molecule has 1 aliphatic heterocycles. The van der Waals surface area contributed by atoms with Crippen molar-refractivity contribution >= 4 is 11.7 Å². The van der Waals surface area contributed by atoms with Gasteiger partial charge in [-0.2, -0.15) is 0 Å². The maximum atomic E-state index is 13.1. The zero-order chi connectivity index (χ0) is 16.3. The molecule has 0 spiro atoms. The SMILES string of the molecule is CC(C)(C)OC(=O)N1CCC=C(c2ccc(F)cc2)[C@H]1CO.